The maximum atomic E-state index is 13.3. The van der Waals surface area contributed by atoms with Crippen molar-refractivity contribution in [2.45, 2.75) is 12.6 Å². The summed E-state index contributed by atoms with van der Waals surface area (Å²) in [6.45, 7) is 1.09. The standard InChI is InChI=1S/C19H15FN2O2/c20-14-5-3-12(4-6-14)19-15-2-1-7-22(15)16-9-18-17(23-11-24-18)8-13(16)10-21-19/h1-9,19,21H,10-11H2/p+1/t19-/m1/s1. The molecule has 0 fully saturated rings. The van der Waals surface area contributed by atoms with Crippen LogP contribution in [0, 0.1) is 5.82 Å². The van der Waals surface area contributed by atoms with Crippen LogP contribution in [0.4, 0.5) is 4.39 Å². The number of quaternary nitrogens is 1. The summed E-state index contributed by atoms with van der Waals surface area (Å²) < 4.78 is 26.5. The third-order valence-electron chi connectivity index (χ3n) is 4.73. The van der Waals surface area contributed by atoms with Crippen LogP contribution in [0.1, 0.15) is 22.9 Å². The second-order valence-corrected chi connectivity index (χ2v) is 6.11. The maximum Gasteiger partial charge on any atom is 0.231 e. The molecule has 0 saturated heterocycles. The summed E-state index contributed by atoms with van der Waals surface area (Å²) in [5.74, 6) is 1.38. The molecule has 0 amide bonds. The number of nitrogens with two attached hydrogens (primary N) is 1. The molecule has 0 aliphatic carbocycles. The average molecular weight is 323 g/mol. The van der Waals surface area contributed by atoms with Gasteiger partial charge in [-0.15, -0.1) is 0 Å². The lowest BCUT2D eigenvalue weighted by Crippen LogP contribution is -2.83. The van der Waals surface area contributed by atoms with Crippen molar-refractivity contribution in [2.24, 2.45) is 0 Å². The van der Waals surface area contributed by atoms with E-state index in [4.69, 9.17) is 9.47 Å². The number of aromatic nitrogens is 1. The molecule has 3 heterocycles. The first-order valence-electron chi connectivity index (χ1n) is 7.98. The number of hydrogen-bond donors (Lipinski definition) is 1. The van der Waals surface area contributed by atoms with Gasteiger partial charge in [0, 0.05) is 23.4 Å². The van der Waals surface area contributed by atoms with Crippen molar-refractivity contribution in [3.8, 4) is 17.2 Å². The molecule has 5 rings (SSSR count). The normalized spacial score (nSPS) is 18.0. The summed E-state index contributed by atoms with van der Waals surface area (Å²) in [6.07, 6.45) is 2.06. The number of halogens is 1. The van der Waals surface area contributed by atoms with Crippen LogP contribution in [0.3, 0.4) is 0 Å². The molecule has 0 unspecified atom stereocenters. The van der Waals surface area contributed by atoms with E-state index in [1.54, 1.807) is 0 Å². The highest BCUT2D eigenvalue weighted by molar-refractivity contribution is 5.56. The van der Waals surface area contributed by atoms with Gasteiger partial charge in [0.25, 0.3) is 0 Å². The molecule has 2 aromatic carbocycles. The summed E-state index contributed by atoms with van der Waals surface area (Å²) in [4.78, 5) is 0. The molecule has 2 aliphatic rings. The quantitative estimate of drug-likeness (QED) is 0.747. The molecule has 5 heteroatoms. The second-order valence-electron chi connectivity index (χ2n) is 6.11. The summed E-state index contributed by atoms with van der Waals surface area (Å²) in [6, 6.07) is 15.1. The summed E-state index contributed by atoms with van der Waals surface area (Å²) >= 11 is 0. The van der Waals surface area contributed by atoms with Gasteiger partial charge >= 0.3 is 0 Å². The van der Waals surface area contributed by atoms with Gasteiger partial charge in [0.1, 0.15) is 12.4 Å². The Hall–Kier alpha value is -2.79. The van der Waals surface area contributed by atoms with Crippen molar-refractivity contribution in [3.05, 3.63) is 77.4 Å². The molecule has 2 aliphatic heterocycles. The Morgan fingerprint density at radius 1 is 1.04 bits per heavy atom. The number of nitrogens with zero attached hydrogens (tertiary/aromatic N) is 1. The first kappa shape index (κ1) is 13.6. The van der Waals surface area contributed by atoms with E-state index in [-0.39, 0.29) is 18.7 Å². The zero-order valence-corrected chi connectivity index (χ0v) is 12.9. The van der Waals surface area contributed by atoms with Crippen molar-refractivity contribution in [1.82, 2.24) is 4.57 Å². The molecule has 4 nitrogen and oxygen atoms in total. The molecule has 0 spiro atoms. The van der Waals surface area contributed by atoms with Crippen molar-refractivity contribution in [1.29, 1.82) is 0 Å². The lowest BCUT2D eigenvalue weighted by molar-refractivity contribution is -0.702. The minimum atomic E-state index is -0.211. The third-order valence-corrected chi connectivity index (χ3v) is 4.73. The molecule has 0 saturated carbocycles. The SMILES string of the molecule is Fc1ccc([C@H]2[NH2+]Cc3cc4c(cc3-n3cccc32)OCO4)cc1. The first-order chi connectivity index (χ1) is 11.8. The fourth-order valence-electron chi connectivity index (χ4n) is 3.57. The zero-order chi connectivity index (χ0) is 16.1. The molecular formula is C19H16FN2O2+. The summed E-state index contributed by atoms with van der Waals surface area (Å²) in [5, 5.41) is 2.27. The zero-order valence-electron chi connectivity index (χ0n) is 12.9. The van der Waals surface area contributed by atoms with E-state index in [1.165, 1.54) is 23.4 Å². The van der Waals surface area contributed by atoms with Gasteiger partial charge in [0.2, 0.25) is 6.79 Å². The van der Waals surface area contributed by atoms with Crippen molar-refractivity contribution < 1.29 is 19.2 Å². The van der Waals surface area contributed by atoms with Crippen LogP contribution < -0.4 is 14.8 Å². The molecular weight excluding hydrogens is 307 g/mol. The van der Waals surface area contributed by atoms with Crippen LogP contribution in [-0.2, 0) is 6.54 Å². The van der Waals surface area contributed by atoms with E-state index < -0.39 is 0 Å². The first-order valence-corrected chi connectivity index (χ1v) is 7.98. The van der Waals surface area contributed by atoms with Crippen molar-refractivity contribution in [2.75, 3.05) is 6.79 Å². The fourth-order valence-corrected chi connectivity index (χ4v) is 3.57. The van der Waals surface area contributed by atoms with Crippen LogP contribution in [0.15, 0.2) is 54.7 Å². The lowest BCUT2D eigenvalue weighted by atomic mass is 10.0. The van der Waals surface area contributed by atoms with Crippen LogP contribution in [0.5, 0.6) is 11.5 Å². The van der Waals surface area contributed by atoms with Gasteiger partial charge in [-0.1, -0.05) is 0 Å². The molecule has 0 bridgehead atoms. The van der Waals surface area contributed by atoms with E-state index in [2.05, 4.69) is 28.2 Å². The van der Waals surface area contributed by atoms with Gasteiger partial charge in [-0.25, -0.2) is 4.39 Å². The Bertz CT molecular complexity index is 918. The third kappa shape index (κ3) is 2.02. The monoisotopic (exact) mass is 323 g/mol. The number of fused-ring (bicyclic) bond motifs is 4. The van der Waals surface area contributed by atoms with Crippen molar-refractivity contribution in [3.63, 3.8) is 0 Å². The smallest absolute Gasteiger partial charge is 0.231 e. The van der Waals surface area contributed by atoms with Gasteiger partial charge in [-0.2, -0.15) is 0 Å². The average Bonchev–Trinajstić information content (AvgIpc) is 3.22. The van der Waals surface area contributed by atoms with Crippen molar-refractivity contribution >= 4 is 0 Å². The molecule has 0 radical (unpaired) electrons. The molecule has 120 valence electrons. The number of benzene rings is 2. The van der Waals surface area contributed by atoms with Crippen LogP contribution in [0.25, 0.3) is 5.69 Å². The van der Waals surface area contributed by atoms with E-state index in [9.17, 15) is 4.39 Å². The van der Waals surface area contributed by atoms with Gasteiger partial charge in [0.05, 0.1) is 11.4 Å². The van der Waals surface area contributed by atoms with Crippen LogP contribution >= 0.6 is 0 Å². The van der Waals surface area contributed by atoms with Gasteiger partial charge in [-0.3, -0.25) is 0 Å². The number of rotatable bonds is 1. The Labute approximate surface area is 138 Å². The Morgan fingerprint density at radius 3 is 2.67 bits per heavy atom. The maximum absolute atomic E-state index is 13.3. The predicted octanol–water partition coefficient (Wildman–Crippen LogP) is 2.51. The molecule has 24 heavy (non-hydrogen) atoms. The minimum Gasteiger partial charge on any atom is -0.454 e. The summed E-state index contributed by atoms with van der Waals surface area (Å²) in [5.41, 5.74) is 4.56. The highest BCUT2D eigenvalue weighted by Gasteiger charge is 2.28. The van der Waals surface area contributed by atoms with Gasteiger partial charge in [0.15, 0.2) is 17.5 Å². The molecule has 3 aromatic rings. The second kappa shape index (κ2) is 5.11. The van der Waals surface area contributed by atoms with Gasteiger partial charge in [-0.05, 0) is 42.5 Å². The molecule has 2 N–H and O–H groups in total. The van der Waals surface area contributed by atoms with E-state index >= 15 is 0 Å². The highest BCUT2D eigenvalue weighted by Crippen LogP contribution is 2.38. The summed E-state index contributed by atoms with van der Waals surface area (Å²) in [7, 11) is 0. The Morgan fingerprint density at radius 2 is 1.83 bits per heavy atom. The van der Waals surface area contributed by atoms with E-state index in [0.29, 0.717) is 0 Å². The lowest BCUT2D eigenvalue weighted by Gasteiger charge is -2.14. The molecule has 1 aromatic heterocycles. The topological polar surface area (TPSA) is 40.0 Å². The Kier molecular flexibility index (Phi) is 2.90. The number of hydrogen-bond acceptors (Lipinski definition) is 2. The van der Waals surface area contributed by atoms with E-state index in [1.807, 2.05) is 24.3 Å². The highest BCUT2D eigenvalue weighted by atomic mass is 19.1. The minimum absolute atomic E-state index is 0.115. The Balaban J connectivity index is 1.65. The van der Waals surface area contributed by atoms with Crippen LogP contribution in [0.2, 0.25) is 0 Å². The molecule has 1 atom stereocenters. The van der Waals surface area contributed by atoms with Crippen LogP contribution in [-0.4, -0.2) is 11.4 Å². The fraction of sp³-hybridized carbons (Fsp3) is 0.158. The largest absolute Gasteiger partial charge is 0.454 e. The van der Waals surface area contributed by atoms with E-state index in [0.717, 1.165) is 29.3 Å². The van der Waals surface area contributed by atoms with Gasteiger partial charge < -0.3 is 19.4 Å². The number of ether oxygens (including phenoxy) is 2. The predicted molar refractivity (Wildman–Crippen MR) is 85.8 cm³/mol.